The van der Waals surface area contributed by atoms with Crippen LogP contribution < -0.4 is 15.0 Å². The summed E-state index contributed by atoms with van der Waals surface area (Å²) in [7, 11) is 0. The number of piperazine rings is 1. The van der Waals surface area contributed by atoms with Crippen LogP contribution in [0.2, 0.25) is 0 Å². The number of pyridine rings is 1. The number of halogens is 4. The van der Waals surface area contributed by atoms with E-state index in [2.05, 4.69) is 20.2 Å². The summed E-state index contributed by atoms with van der Waals surface area (Å²) in [5.74, 6) is -5.04. The van der Waals surface area contributed by atoms with E-state index >= 15 is 0 Å². The normalized spacial score (nSPS) is 21.7. The van der Waals surface area contributed by atoms with Crippen LogP contribution in [0.5, 0.6) is 5.75 Å². The average Bonchev–Trinajstić information content (AvgIpc) is 3.50. The van der Waals surface area contributed by atoms with Crippen LogP contribution in [0.1, 0.15) is 40.0 Å². The fraction of sp³-hybridized carbons (Fsp3) is 0.500. The molecular formula is C28H30F4N6O3. The van der Waals surface area contributed by atoms with Crippen LogP contribution in [0.4, 0.5) is 39.7 Å². The van der Waals surface area contributed by atoms with E-state index in [4.69, 9.17) is 14.5 Å². The summed E-state index contributed by atoms with van der Waals surface area (Å²) in [6.45, 7) is 6.49. The smallest absolute Gasteiger partial charge is 0.410 e. The van der Waals surface area contributed by atoms with E-state index in [1.54, 1.807) is 11.0 Å². The van der Waals surface area contributed by atoms with Crippen molar-refractivity contribution in [3.05, 3.63) is 42.2 Å². The molecule has 9 nitrogen and oxygen atoms in total. The molecule has 0 radical (unpaired) electrons. The maximum absolute atomic E-state index is 15.0. The van der Waals surface area contributed by atoms with Gasteiger partial charge in [0.15, 0.2) is 17.4 Å². The van der Waals surface area contributed by atoms with Gasteiger partial charge in [0.25, 0.3) is 0 Å². The molecular weight excluding hydrogens is 544 g/mol. The second-order valence-corrected chi connectivity index (χ2v) is 11.9. The highest BCUT2D eigenvalue weighted by molar-refractivity contribution is 5.88. The van der Waals surface area contributed by atoms with Gasteiger partial charge >= 0.3 is 6.09 Å². The third-order valence-corrected chi connectivity index (χ3v) is 7.58. The predicted octanol–water partition coefficient (Wildman–Crippen LogP) is 5.67. The number of nitrogens with zero attached hydrogens (tertiary/aromatic N) is 5. The minimum Gasteiger partial charge on any atom is -0.490 e. The Bertz CT molecular complexity index is 1490. The number of hydrogen-bond acceptors (Lipinski definition) is 8. The van der Waals surface area contributed by atoms with Crippen LogP contribution in [0.3, 0.4) is 0 Å². The number of carbonyl (C=O) groups is 1. The lowest BCUT2D eigenvalue weighted by molar-refractivity contribution is -0.119. The molecule has 4 heterocycles. The van der Waals surface area contributed by atoms with E-state index in [-0.39, 0.29) is 54.9 Å². The molecule has 13 heteroatoms. The van der Waals surface area contributed by atoms with Gasteiger partial charge in [-0.25, -0.2) is 32.9 Å². The number of aromatic nitrogens is 3. The molecule has 0 unspecified atom stereocenters. The SMILES string of the molecule is CC(C)(C)OC(=O)N1C[C@@H]2C[C@H]1CN2c1ccc2ncnc(Nc3ccc(OCC4CC(F)(F)C4)c(F)c3F)c2n1. The molecule has 1 aliphatic carbocycles. The summed E-state index contributed by atoms with van der Waals surface area (Å²) in [5, 5.41) is 2.81. The molecule has 1 N–H and O–H groups in total. The summed E-state index contributed by atoms with van der Waals surface area (Å²) in [4.78, 5) is 29.7. The van der Waals surface area contributed by atoms with Crippen molar-refractivity contribution in [2.75, 3.05) is 29.9 Å². The van der Waals surface area contributed by atoms with Crippen molar-refractivity contribution < 1.29 is 31.8 Å². The Balaban J connectivity index is 1.17. The summed E-state index contributed by atoms with van der Waals surface area (Å²) >= 11 is 0. The van der Waals surface area contributed by atoms with E-state index in [0.717, 1.165) is 6.42 Å². The topological polar surface area (TPSA) is 92.7 Å². The molecule has 1 aromatic carbocycles. The van der Waals surface area contributed by atoms with Crippen LogP contribution in [0, 0.1) is 17.6 Å². The van der Waals surface area contributed by atoms with Crippen LogP contribution in [0.25, 0.3) is 11.0 Å². The zero-order valence-corrected chi connectivity index (χ0v) is 22.8. The zero-order chi connectivity index (χ0) is 29.1. The minimum atomic E-state index is -2.71. The molecule has 3 aromatic rings. The Morgan fingerprint density at radius 2 is 1.85 bits per heavy atom. The molecule has 2 saturated heterocycles. The number of carbonyl (C=O) groups excluding carboxylic acids is 1. The second kappa shape index (κ2) is 9.88. The van der Waals surface area contributed by atoms with Crippen molar-refractivity contribution in [2.45, 2.75) is 63.6 Å². The van der Waals surface area contributed by atoms with Gasteiger partial charge < -0.3 is 24.6 Å². The van der Waals surface area contributed by atoms with Crippen molar-refractivity contribution in [1.29, 1.82) is 0 Å². The van der Waals surface area contributed by atoms with Crippen LogP contribution in [0.15, 0.2) is 30.6 Å². The third-order valence-electron chi connectivity index (χ3n) is 7.58. The second-order valence-electron chi connectivity index (χ2n) is 11.9. The maximum atomic E-state index is 15.0. The maximum Gasteiger partial charge on any atom is 0.410 e. The monoisotopic (exact) mass is 574 g/mol. The first kappa shape index (κ1) is 27.3. The van der Waals surface area contributed by atoms with Crippen LogP contribution in [-0.4, -0.2) is 69.2 Å². The van der Waals surface area contributed by atoms with Crippen molar-refractivity contribution in [3.8, 4) is 5.75 Å². The molecule has 2 atom stereocenters. The number of ether oxygens (including phenoxy) is 2. The number of likely N-dealkylation sites (tertiary alicyclic amines) is 1. The first-order valence-electron chi connectivity index (χ1n) is 13.5. The van der Waals surface area contributed by atoms with Gasteiger partial charge in [0, 0.05) is 31.8 Å². The lowest BCUT2D eigenvalue weighted by atomic mass is 9.82. The van der Waals surface area contributed by atoms with Crippen LogP contribution in [-0.2, 0) is 4.74 Å². The van der Waals surface area contributed by atoms with Crippen molar-refractivity contribution in [3.63, 3.8) is 0 Å². The van der Waals surface area contributed by atoms with E-state index in [0.29, 0.717) is 29.9 Å². The van der Waals surface area contributed by atoms with Gasteiger partial charge in [-0.3, -0.25) is 0 Å². The predicted molar refractivity (Wildman–Crippen MR) is 143 cm³/mol. The molecule has 0 spiro atoms. The molecule has 2 bridgehead atoms. The summed E-state index contributed by atoms with van der Waals surface area (Å²) in [6.07, 6.45) is 1.10. The zero-order valence-electron chi connectivity index (χ0n) is 22.8. The minimum absolute atomic E-state index is 0.00412. The van der Waals surface area contributed by atoms with Gasteiger partial charge in [0.1, 0.15) is 23.3 Å². The van der Waals surface area contributed by atoms with E-state index < -0.39 is 29.1 Å². The number of fused-ring (bicyclic) bond motifs is 3. The van der Waals surface area contributed by atoms with E-state index in [9.17, 15) is 22.4 Å². The van der Waals surface area contributed by atoms with Gasteiger partial charge in [-0.15, -0.1) is 0 Å². The highest BCUT2D eigenvalue weighted by atomic mass is 19.3. The first-order valence-corrected chi connectivity index (χ1v) is 13.5. The van der Waals surface area contributed by atoms with Gasteiger partial charge in [0.2, 0.25) is 11.7 Å². The molecule has 6 rings (SSSR count). The van der Waals surface area contributed by atoms with Crippen LogP contribution >= 0.6 is 0 Å². The quantitative estimate of drug-likeness (QED) is 0.377. The Morgan fingerprint density at radius 3 is 2.54 bits per heavy atom. The summed E-state index contributed by atoms with van der Waals surface area (Å²) in [5.41, 5.74) is 0.103. The van der Waals surface area contributed by atoms with E-state index in [1.165, 1.54) is 18.5 Å². The van der Waals surface area contributed by atoms with Crippen molar-refractivity contribution >= 4 is 34.4 Å². The highest BCUT2D eigenvalue weighted by Crippen LogP contribution is 2.43. The van der Waals surface area contributed by atoms with Gasteiger partial charge in [-0.2, -0.15) is 4.39 Å². The number of nitrogens with one attached hydrogen (secondary N) is 1. The van der Waals surface area contributed by atoms with Gasteiger partial charge in [-0.05, 0) is 51.5 Å². The molecule has 2 aliphatic heterocycles. The molecule has 2 aromatic heterocycles. The van der Waals surface area contributed by atoms with Crippen molar-refractivity contribution in [2.24, 2.45) is 5.92 Å². The fourth-order valence-corrected chi connectivity index (χ4v) is 5.65. The lowest BCUT2D eigenvalue weighted by Crippen LogP contribution is -2.50. The standard InChI is InChI=1S/C28H30F4N6O3/c1-27(2,3)41-26(39)38-12-16-8-17(38)11-37(16)21-7-5-19-24(36-21)25(34-14-33-19)35-18-4-6-20(23(30)22(18)29)40-13-15-9-28(31,32)10-15/h4-7,14-17H,8-13H2,1-3H3,(H,33,34,35)/t16-,17-/m0/s1. The third kappa shape index (κ3) is 5.41. The van der Waals surface area contributed by atoms with Gasteiger partial charge in [-0.1, -0.05) is 0 Å². The Kier molecular flexibility index (Phi) is 6.57. The molecule has 3 fully saturated rings. The van der Waals surface area contributed by atoms with Crippen molar-refractivity contribution in [1.82, 2.24) is 19.9 Å². The number of alkyl halides is 2. The number of anilines is 3. The number of benzene rings is 1. The molecule has 3 aliphatic rings. The average molecular weight is 575 g/mol. The summed E-state index contributed by atoms with van der Waals surface area (Å²) < 4.78 is 66.6. The number of rotatable bonds is 6. The Morgan fingerprint density at radius 1 is 1.07 bits per heavy atom. The highest BCUT2D eigenvalue weighted by Gasteiger charge is 2.47. The lowest BCUT2D eigenvalue weighted by Gasteiger charge is -2.35. The fourth-order valence-electron chi connectivity index (χ4n) is 5.65. The molecule has 218 valence electrons. The molecule has 1 saturated carbocycles. The Hall–Kier alpha value is -3.90. The van der Waals surface area contributed by atoms with Gasteiger partial charge in [0.05, 0.1) is 29.9 Å². The summed E-state index contributed by atoms with van der Waals surface area (Å²) in [6, 6.07) is 6.21. The number of amides is 1. The first-order chi connectivity index (χ1) is 19.4. The largest absolute Gasteiger partial charge is 0.490 e. The number of hydrogen-bond donors (Lipinski definition) is 1. The molecule has 41 heavy (non-hydrogen) atoms. The molecule has 1 amide bonds. The Labute approximate surface area is 233 Å². The van der Waals surface area contributed by atoms with E-state index in [1.807, 2.05) is 26.8 Å².